The molecule has 0 bridgehead atoms. The summed E-state index contributed by atoms with van der Waals surface area (Å²) in [6.45, 7) is 5.08. The number of hydrogen-bond donors (Lipinski definition) is 1. The molecule has 5 heteroatoms. The SMILES string of the molecule is CCc1ccc(N=C2NC(=O)/C(=C/c3cccn3CC)S2)cc1. The van der Waals surface area contributed by atoms with Crippen LogP contribution in [-0.4, -0.2) is 15.6 Å². The van der Waals surface area contributed by atoms with Gasteiger partial charge in [0, 0.05) is 18.4 Å². The molecular formula is C18H19N3OS. The highest BCUT2D eigenvalue weighted by atomic mass is 32.2. The predicted octanol–water partition coefficient (Wildman–Crippen LogP) is 3.96. The molecule has 3 rings (SSSR count). The van der Waals surface area contributed by atoms with Gasteiger partial charge < -0.3 is 9.88 Å². The van der Waals surface area contributed by atoms with Gasteiger partial charge in [-0.3, -0.25) is 4.79 Å². The lowest BCUT2D eigenvalue weighted by Gasteiger charge is -2.01. The van der Waals surface area contributed by atoms with Crippen LogP contribution in [0, 0.1) is 0 Å². The molecule has 1 saturated heterocycles. The molecule has 118 valence electrons. The fraction of sp³-hybridized carbons (Fsp3) is 0.222. The molecule has 23 heavy (non-hydrogen) atoms. The summed E-state index contributed by atoms with van der Waals surface area (Å²) in [5.41, 5.74) is 3.15. The summed E-state index contributed by atoms with van der Waals surface area (Å²) >= 11 is 1.38. The lowest BCUT2D eigenvalue weighted by molar-refractivity contribution is -0.115. The number of amides is 1. The molecule has 1 aliphatic heterocycles. The second-order valence-electron chi connectivity index (χ2n) is 5.22. The average Bonchev–Trinajstić information content (AvgIpc) is 3.15. The molecule has 1 amide bonds. The third kappa shape index (κ3) is 3.56. The normalized spacial score (nSPS) is 17.9. The zero-order valence-electron chi connectivity index (χ0n) is 13.2. The van der Waals surface area contributed by atoms with Gasteiger partial charge in [-0.2, -0.15) is 0 Å². The maximum Gasteiger partial charge on any atom is 0.264 e. The fourth-order valence-corrected chi connectivity index (χ4v) is 3.21. The van der Waals surface area contributed by atoms with Crippen molar-refractivity contribution in [3.8, 4) is 0 Å². The van der Waals surface area contributed by atoms with Gasteiger partial charge in [0.2, 0.25) is 0 Å². The molecule has 1 aliphatic rings. The number of benzene rings is 1. The molecule has 1 aromatic carbocycles. The Kier molecular flexibility index (Phi) is 4.67. The van der Waals surface area contributed by atoms with Crippen LogP contribution in [0.5, 0.6) is 0 Å². The molecule has 4 nitrogen and oxygen atoms in total. The number of aromatic nitrogens is 1. The smallest absolute Gasteiger partial charge is 0.264 e. The van der Waals surface area contributed by atoms with E-state index < -0.39 is 0 Å². The van der Waals surface area contributed by atoms with Gasteiger partial charge in [-0.25, -0.2) is 4.99 Å². The number of aryl methyl sites for hydroxylation is 2. The lowest BCUT2D eigenvalue weighted by atomic mass is 10.2. The Bertz CT molecular complexity index is 772. The minimum absolute atomic E-state index is 0.0946. The van der Waals surface area contributed by atoms with Crippen LogP contribution in [0.25, 0.3) is 6.08 Å². The topological polar surface area (TPSA) is 46.4 Å². The maximum atomic E-state index is 12.1. The molecule has 2 heterocycles. The molecule has 0 saturated carbocycles. The fourth-order valence-electron chi connectivity index (χ4n) is 2.38. The second kappa shape index (κ2) is 6.87. The Balaban J connectivity index is 1.80. The van der Waals surface area contributed by atoms with E-state index in [-0.39, 0.29) is 5.91 Å². The van der Waals surface area contributed by atoms with Crippen LogP contribution in [0.3, 0.4) is 0 Å². The number of carbonyl (C=O) groups is 1. The molecule has 2 aromatic rings. The Hall–Kier alpha value is -2.27. The van der Waals surface area contributed by atoms with Crippen molar-refractivity contribution in [2.24, 2.45) is 4.99 Å². The summed E-state index contributed by atoms with van der Waals surface area (Å²) in [5.74, 6) is -0.0946. The van der Waals surface area contributed by atoms with Crippen molar-refractivity contribution in [1.82, 2.24) is 9.88 Å². The number of nitrogens with one attached hydrogen (secondary N) is 1. The van der Waals surface area contributed by atoms with Gasteiger partial charge in [-0.15, -0.1) is 0 Å². The van der Waals surface area contributed by atoms with Gasteiger partial charge in [-0.05, 0) is 61.0 Å². The monoisotopic (exact) mass is 325 g/mol. The Labute approximate surface area is 140 Å². The van der Waals surface area contributed by atoms with Crippen molar-refractivity contribution < 1.29 is 4.79 Å². The number of amidine groups is 1. The molecule has 0 atom stereocenters. The van der Waals surface area contributed by atoms with Crippen LogP contribution in [0.4, 0.5) is 5.69 Å². The molecule has 0 spiro atoms. The summed E-state index contributed by atoms with van der Waals surface area (Å²) in [6.07, 6.45) is 4.92. The van der Waals surface area contributed by atoms with E-state index >= 15 is 0 Å². The Morgan fingerprint density at radius 3 is 2.70 bits per heavy atom. The number of rotatable bonds is 4. The van der Waals surface area contributed by atoms with Gasteiger partial charge in [0.05, 0.1) is 10.6 Å². The zero-order valence-corrected chi connectivity index (χ0v) is 14.1. The highest BCUT2D eigenvalue weighted by Crippen LogP contribution is 2.28. The van der Waals surface area contributed by atoms with E-state index in [4.69, 9.17) is 0 Å². The molecule has 0 aliphatic carbocycles. The minimum Gasteiger partial charge on any atom is -0.348 e. The van der Waals surface area contributed by atoms with Gasteiger partial charge >= 0.3 is 0 Å². The van der Waals surface area contributed by atoms with Crippen LogP contribution in [0.1, 0.15) is 25.1 Å². The van der Waals surface area contributed by atoms with E-state index in [9.17, 15) is 4.79 Å². The Morgan fingerprint density at radius 2 is 2.00 bits per heavy atom. The van der Waals surface area contributed by atoms with Crippen LogP contribution in [0.15, 0.2) is 52.5 Å². The van der Waals surface area contributed by atoms with Gasteiger partial charge in [0.1, 0.15) is 0 Å². The average molecular weight is 325 g/mol. The van der Waals surface area contributed by atoms with E-state index in [0.717, 1.165) is 24.3 Å². The molecule has 1 aromatic heterocycles. The van der Waals surface area contributed by atoms with E-state index in [2.05, 4.69) is 40.9 Å². The van der Waals surface area contributed by atoms with Crippen LogP contribution < -0.4 is 5.32 Å². The first kappa shape index (κ1) is 15.6. The maximum absolute atomic E-state index is 12.1. The van der Waals surface area contributed by atoms with Crippen molar-refractivity contribution in [3.63, 3.8) is 0 Å². The van der Waals surface area contributed by atoms with E-state index in [1.54, 1.807) is 0 Å². The summed E-state index contributed by atoms with van der Waals surface area (Å²) in [4.78, 5) is 17.3. The lowest BCUT2D eigenvalue weighted by Crippen LogP contribution is -2.19. The van der Waals surface area contributed by atoms with Crippen LogP contribution in [-0.2, 0) is 17.8 Å². The highest BCUT2D eigenvalue weighted by Gasteiger charge is 2.24. The summed E-state index contributed by atoms with van der Waals surface area (Å²) in [7, 11) is 0. The van der Waals surface area contributed by atoms with Gasteiger partial charge in [0.25, 0.3) is 5.91 Å². The highest BCUT2D eigenvalue weighted by molar-refractivity contribution is 8.18. The number of aliphatic imine (C=N–C) groups is 1. The first-order chi connectivity index (χ1) is 11.2. The van der Waals surface area contributed by atoms with Gasteiger partial charge in [0.15, 0.2) is 5.17 Å². The molecule has 0 radical (unpaired) electrons. The standard InChI is InChI=1S/C18H19N3OS/c1-3-13-7-9-14(10-8-13)19-18-20-17(22)16(23-18)12-15-6-5-11-21(15)4-2/h5-12H,3-4H2,1-2H3,(H,19,20,22)/b16-12-. The number of hydrogen-bond acceptors (Lipinski definition) is 3. The van der Waals surface area contributed by atoms with Crippen molar-refractivity contribution in [3.05, 3.63) is 58.8 Å². The van der Waals surface area contributed by atoms with Crippen molar-refractivity contribution in [2.45, 2.75) is 26.8 Å². The number of carbonyl (C=O) groups excluding carboxylic acids is 1. The predicted molar refractivity (Wildman–Crippen MR) is 96.7 cm³/mol. The van der Waals surface area contributed by atoms with E-state index in [0.29, 0.717) is 10.1 Å². The van der Waals surface area contributed by atoms with Gasteiger partial charge in [-0.1, -0.05) is 19.1 Å². The van der Waals surface area contributed by atoms with E-state index in [1.807, 2.05) is 36.5 Å². The molecular weight excluding hydrogens is 306 g/mol. The summed E-state index contributed by atoms with van der Waals surface area (Å²) in [5, 5.41) is 3.45. The Morgan fingerprint density at radius 1 is 1.22 bits per heavy atom. The largest absolute Gasteiger partial charge is 0.348 e. The number of nitrogens with zero attached hydrogens (tertiary/aromatic N) is 2. The van der Waals surface area contributed by atoms with Crippen LogP contribution in [0.2, 0.25) is 0 Å². The number of thioether (sulfide) groups is 1. The zero-order chi connectivity index (χ0) is 16.2. The first-order valence-electron chi connectivity index (χ1n) is 7.73. The summed E-state index contributed by atoms with van der Waals surface area (Å²) in [6, 6.07) is 12.1. The quantitative estimate of drug-likeness (QED) is 0.865. The minimum atomic E-state index is -0.0946. The summed E-state index contributed by atoms with van der Waals surface area (Å²) < 4.78 is 2.10. The first-order valence-corrected chi connectivity index (χ1v) is 8.55. The van der Waals surface area contributed by atoms with Crippen LogP contribution >= 0.6 is 11.8 Å². The molecule has 1 fully saturated rings. The third-order valence-corrected chi connectivity index (χ3v) is 4.62. The molecule has 0 unspecified atom stereocenters. The molecule has 1 N–H and O–H groups in total. The second-order valence-corrected chi connectivity index (χ2v) is 6.25. The third-order valence-electron chi connectivity index (χ3n) is 3.71. The van der Waals surface area contributed by atoms with Crippen molar-refractivity contribution in [2.75, 3.05) is 0 Å². The van der Waals surface area contributed by atoms with Crippen molar-refractivity contribution in [1.29, 1.82) is 0 Å². The van der Waals surface area contributed by atoms with Crippen molar-refractivity contribution >= 4 is 34.6 Å². The van der Waals surface area contributed by atoms with E-state index in [1.165, 1.54) is 17.3 Å².